The minimum absolute atomic E-state index is 0.0608. The lowest BCUT2D eigenvalue weighted by Gasteiger charge is -2.34. The van der Waals surface area contributed by atoms with Crippen molar-refractivity contribution in [1.29, 1.82) is 0 Å². The number of halogens is 7. The molecule has 6 rings (SSSR count). The zero-order chi connectivity index (χ0) is 34.7. The first-order chi connectivity index (χ1) is 22.2. The lowest BCUT2D eigenvalue weighted by atomic mass is 9.69. The Morgan fingerprint density at radius 3 is 1.66 bits per heavy atom. The van der Waals surface area contributed by atoms with Crippen LogP contribution in [0.25, 0.3) is 11.1 Å². The number of phenols is 1. The van der Waals surface area contributed by atoms with Crippen molar-refractivity contribution in [3.63, 3.8) is 0 Å². The number of carbonyl (C=O) groups excluding carboxylic acids is 2. The van der Waals surface area contributed by atoms with E-state index < -0.39 is 28.8 Å². The smallest absolute Gasteiger partial charge is 0.504 e. The van der Waals surface area contributed by atoms with E-state index >= 15 is 0 Å². The number of methoxy groups -OCH3 is 1. The van der Waals surface area contributed by atoms with Gasteiger partial charge in [-0.1, -0.05) is 62.7 Å². The molecule has 4 aliphatic rings. The van der Waals surface area contributed by atoms with Crippen molar-refractivity contribution in [1.82, 2.24) is 0 Å². The van der Waals surface area contributed by atoms with Gasteiger partial charge in [0.15, 0.2) is 34.7 Å². The van der Waals surface area contributed by atoms with Gasteiger partial charge in [0.2, 0.25) is 0 Å². The lowest BCUT2D eigenvalue weighted by Crippen LogP contribution is -2.25. The molecule has 4 nitrogen and oxygen atoms in total. The van der Waals surface area contributed by atoms with Crippen molar-refractivity contribution in [3.8, 4) is 11.5 Å². The number of ether oxygens (including phenoxy) is 1. The standard InChI is InChI=1S/C18H20ClFO2.C17H18ClFO2.Al.3ClH/c1-3-4-6-18-7-5-11(21)8-14(18)12-9-15(20)17(22-2)16(19)13(12)10-18;1-2-3-5-17-6-4-10(20)7-13(17)11-8-14(19)16(21)15(18)12(11)9-17;;;;/h8-9H,3-7,10H2,1-2H3;7-8,21H,2-6,9H2,1H3;;3*1H/q;;+3;;;/p-3/t18-;17-;;;;/m00..../s1. The molecule has 0 aromatic heterocycles. The predicted octanol–water partition coefficient (Wildman–Crippen LogP) is 11.3. The monoisotopic (exact) mass is 762 g/mol. The summed E-state index contributed by atoms with van der Waals surface area (Å²) >= 11 is 10.8. The largest absolute Gasteiger partial charge is 0.643 e. The van der Waals surface area contributed by atoms with Crippen LogP contribution in [0.4, 0.5) is 8.78 Å². The second-order valence-corrected chi connectivity index (χ2v) is 19.9. The Bertz CT molecular complexity index is 1610. The van der Waals surface area contributed by atoms with Crippen LogP contribution in [0.1, 0.15) is 100 Å². The number of fused-ring (bicyclic) bond motifs is 6. The van der Waals surface area contributed by atoms with E-state index in [0.717, 1.165) is 85.6 Å². The van der Waals surface area contributed by atoms with Gasteiger partial charge in [-0.2, -0.15) is 0 Å². The number of aromatic hydroxyl groups is 1. The van der Waals surface area contributed by atoms with E-state index in [1.54, 1.807) is 12.2 Å². The Morgan fingerprint density at radius 2 is 1.23 bits per heavy atom. The van der Waals surface area contributed by atoms with Gasteiger partial charge in [0, 0.05) is 23.7 Å². The van der Waals surface area contributed by atoms with Crippen LogP contribution in [0.5, 0.6) is 11.5 Å². The van der Waals surface area contributed by atoms with Gasteiger partial charge in [0.05, 0.1) is 17.2 Å². The molecule has 1 N–H and O–H groups in total. The molecule has 2 aromatic rings. The first-order valence-electron chi connectivity index (χ1n) is 15.9. The lowest BCUT2D eigenvalue weighted by molar-refractivity contribution is -0.116. The molecule has 0 saturated carbocycles. The molecule has 2 atom stereocenters. The third-order valence-corrected chi connectivity index (χ3v) is 10.7. The van der Waals surface area contributed by atoms with Gasteiger partial charge in [-0.05, 0) is 96.2 Å². The molecular formula is C35H38AlCl5F2O4. The quantitative estimate of drug-likeness (QED) is 0.285. The minimum atomic E-state index is -1.72. The Labute approximate surface area is 302 Å². The van der Waals surface area contributed by atoms with E-state index in [1.165, 1.54) is 19.2 Å². The summed E-state index contributed by atoms with van der Waals surface area (Å²) in [6, 6.07) is 2.81. The summed E-state index contributed by atoms with van der Waals surface area (Å²) in [5.74, 6) is -1.33. The third-order valence-electron chi connectivity index (χ3n) is 9.86. The Kier molecular flexibility index (Phi) is 13.2. The Morgan fingerprint density at radius 1 is 0.809 bits per heavy atom. The van der Waals surface area contributed by atoms with Crippen molar-refractivity contribution in [3.05, 3.63) is 68.2 Å². The molecule has 0 heterocycles. The number of ketones is 2. The second-order valence-electron chi connectivity index (χ2n) is 12.7. The minimum Gasteiger partial charge on any atom is -0.504 e. The van der Waals surface area contributed by atoms with Crippen LogP contribution < -0.4 is 4.74 Å². The van der Waals surface area contributed by atoms with E-state index in [1.807, 2.05) is 0 Å². The normalized spacial score (nSPS) is 22.0. The van der Waals surface area contributed by atoms with Crippen molar-refractivity contribution in [2.75, 3.05) is 7.11 Å². The highest BCUT2D eigenvalue weighted by atomic mass is 35.8. The van der Waals surface area contributed by atoms with Crippen LogP contribution in [0.15, 0.2) is 24.3 Å². The fourth-order valence-electron chi connectivity index (χ4n) is 7.57. The summed E-state index contributed by atoms with van der Waals surface area (Å²) in [5, 5.41) is 10.2. The molecule has 0 fully saturated rings. The molecule has 254 valence electrons. The fourth-order valence-corrected chi connectivity index (χ4v) is 8.16. The Balaban J connectivity index is 0.000000191. The van der Waals surface area contributed by atoms with Crippen molar-refractivity contribution in [2.24, 2.45) is 10.8 Å². The molecular weight excluding hydrogens is 727 g/mol. The van der Waals surface area contributed by atoms with E-state index in [0.29, 0.717) is 29.8 Å². The van der Waals surface area contributed by atoms with Gasteiger partial charge in [-0.25, -0.2) is 38.9 Å². The average Bonchev–Trinajstić information content (AvgIpc) is 3.51. The highest BCUT2D eigenvalue weighted by Crippen LogP contribution is 2.58. The molecule has 2 aromatic carbocycles. The summed E-state index contributed by atoms with van der Waals surface area (Å²) in [5.41, 5.74) is 4.94. The summed E-state index contributed by atoms with van der Waals surface area (Å²) in [6.07, 6.45) is 13.9. The van der Waals surface area contributed by atoms with E-state index in [9.17, 15) is 23.5 Å². The van der Waals surface area contributed by atoms with Gasteiger partial charge in [0.1, 0.15) is 0 Å². The number of phenolic OH excluding ortho intramolecular Hbond substituents is 1. The SMILES string of the molecule is CCCC[C@@]12CCC(=O)C=C1c1cc(F)c(O)c(Cl)c1C2.CCCC[C@@]12CCC(=O)C=C1c1cc(F)c(OC)c(Cl)c1C2.[Cl][Al]([Cl])[Cl]. The predicted molar refractivity (Wildman–Crippen MR) is 190 cm³/mol. The van der Waals surface area contributed by atoms with E-state index in [2.05, 4.69) is 13.8 Å². The van der Waals surface area contributed by atoms with Gasteiger partial charge in [-0.3, -0.25) is 9.59 Å². The van der Waals surface area contributed by atoms with Gasteiger partial charge >= 0.3 is 11.4 Å². The van der Waals surface area contributed by atoms with Gasteiger partial charge in [-0.15, -0.1) is 0 Å². The highest BCUT2D eigenvalue weighted by Gasteiger charge is 2.46. The number of carbonyl (C=O) groups is 2. The number of unbranched alkanes of at least 4 members (excludes halogenated alkanes) is 2. The summed E-state index contributed by atoms with van der Waals surface area (Å²) in [6.45, 7) is 4.29. The molecule has 0 bridgehead atoms. The van der Waals surface area contributed by atoms with Crippen molar-refractivity contribution in [2.45, 2.75) is 90.9 Å². The number of rotatable bonds is 7. The van der Waals surface area contributed by atoms with Crippen LogP contribution in [-0.4, -0.2) is 35.2 Å². The van der Waals surface area contributed by atoms with Gasteiger partial charge < -0.3 is 9.84 Å². The second kappa shape index (κ2) is 16.2. The zero-order valence-corrected chi connectivity index (χ0v) is 31.6. The average molecular weight is 765 g/mol. The topological polar surface area (TPSA) is 63.6 Å². The van der Waals surface area contributed by atoms with Crippen LogP contribution in [0.3, 0.4) is 0 Å². The molecule has 12 heteroatoms. The number of hydrogen-bond donors (Lipinski definition) is 1. The maximum absolute atomic E-state index is 14.2. The molecule has 0 aliphatic heterocycles. The summed E-state index contributed by atoms with van der Waals surface area (Å²) in [4.78, 5) is 23.7. The molecule has 0 spiro atoms. The van der Waals surface area contributed by atoms with Crippen molar-refractivity contribution >= 4 is 87.4 Å². The van der Waals surface area contributed by atoms with Gasteiger partial charge in [0.25, 0.3) is 0 Å². The van der Waals surface area contributed by atoms with Crippen LogP contribution in [0, 0.1) is 22.5 Å². The first kappa shape index (κ1) is 38.5. The third kappa shape index (κ3) is 8.04. The Hall–Kier alpha value is -1.30. The summed E-state index contributed by atoms with van der Waals surface area (Å²) < 4.78 is 33.1. The maximum Gasteiger partial charge on any atom is 0.643 e. The maximum atomic E-state index is 14.2. The van der Waals surface area contributed by atoms with Crippen molar-refractivity contribution < 1.29 is 28.2 Å². The first-order valence-corrected chi connectivity index (χ1v) is 21.9. The zero-order valence-electron chi connectivity index (χ0n) is 26.7. The molecule has 0 amide bonds. The molecule has 4 aliphatic carbocycles. The molecule has 0 saturated heterocycles. The van der Waals surface area contributed by atoms with Crippen LogP contribution in [-0.2, 0) is 22.4 Å². The van der Waals surface area contributed by atoms with Crippen LogP contribution in [0.2, 0.25) is 10.0 Å². The fraction of sp³-hybridized carbons (Fsp3) is 0.486. The molecule has 47 heavy (non-hydrogen) atoms. The highest BCUT2D eigenvalue weighted by molar-refractivity contribution is 7.54. The molecule has 0 radical (unpaired) electrons. The number of hydrogen-bond acceptors (Lipinski definition) is 4. The summed E-state index contributed by atoms with van der Waals surface area (Å²) in [7, 11) is 16.3. The van der Waals surface area contributed by atoms with Crippen LogP contribution >= 0.6 is 53.3 Å². The van der Waals surface area contributed by atoms with E-state index in [4.69, 9.17) is 58.1 Å². The van der Waals surface area contributed by atoms with E-state index in [-0.39, 0.29) is 33.2 Å². The molecule has 0 unspecified atom stereocenters. The number of allylic oxidation sites excluding steroid dienone is 4. The number of benzene rings is 2.